The summed E-state index contributed by atoms with van der Waals surface area (Å²) >= 11 is 2.59. The fourth-order valence-electron chi connectivity index (χ4n) is 2.30. The molecule has 28 heavy (non-hydrogen) atoms. The van der Waals surface area contributed by atoms with Crippen molar-refractivity contribution in [3.05, 3.63) is 51.2 Å². The number of thiazole rings is 1. The smallest absolute Gasteiger partial charge is 0.356 e. The van der Waals surface area contributed by atoms with Gasteiger partial charge in [0, 0.05) is 37.7 Å². The van der Waals surface area contributed by atoms with Crippen LogP contribution in [-0.2, 0) is 24.9 Å². The molecule has 2 rings (SSSR count). The van der Waals surface area contributed by atoms with Crippen LogP contribution in [0.3, 0.4) is 0 Å². The average Bonchev–Trinajstić information content (AvgIpc) is 3.09. The van der Waals surface area contributed by atoms with Gasteiger partial charge in [0.15, 0.2) is 11.7 Å². The summed E-state index contributed by atoms with van der Waals surface area (Å²) in [6.45, 7) is 0.858. The second kappa shape index (κ2) is 11.8. The summed E-state index contributed by atoms with van der Waals surface area (Å²) in [5.74, 6) is 0.945. The van der Waals surface area contributed by atoms with Gasteiger partial charge in [-0.25, -0.2) is 9.37 Å². The van der Waals surface area contributed by atoms with Crippen LogP contribution in [0.25, 0.3) is 0 Å². The van der Waals surface area contributed by atoms with Crippen molar-refractivity contribution in [1.82, 2.24) is 15.6 Å². The number of alkyl halides is 3. The molecule has 0 aliphatic heterocycles. The molecule has 0 saturated carbocycles. The number of hydrogen-bond donors (Lipinski definition) is 2. The highest BCUT2D eigenvalue weighted by molar-refractivity contribution is 14.0. The maximum atomic E-state index is 13.4. The van der Waals surface area contributed by atoms with E-state index >= 15 is 0 Å². The Kier molecular flexibility index (Phi) is 10.5. The van der Waals surface area contributed by atoms with Gasteiger partial charge in [-0.1, -0.05) is 6.07 Å². The maximum Gasteiger partial charge on any atom is 0.434 e. The minimum Gasteiger partial charge on any atom is -0.356 e. The number of nitrogens with one attached hydrogen (secondary N) is 2. The minimum atomic E-state index is -4.41. The van der Waals surface area contributed by atoms with Crippen molar-refractivity contribution in [3.8, 4) is 0 Å². The second-order valence-corrected chi connectivity index (χ2v) is 7.38. The van der Waals surface area contributed by atoms with E-state index in [1.165, 1.54) is 12.1 Å². The predicted molar refractivity (Wildman–Crippen MR) is 118 cm³/mol. The summed E-state index contributed by atoms with van der Waals surface area (Å²) in [4.78, 5) is 7.68. The summed E-state index contributed by atoms with van der Waals surface area (Å²) < 4.78 is 51.1. The molecule has 0 spiro atoms. The lowest BCUT2D eigenvalue weighted by molar-refractivity contribution is -0.140. The zero-order chi connectivity index (χ0) is 19.9. The van der Waals surface area contributed by atoms with Crippen molar-refractivity contribution < 1.29 is 17.6 Å². The lowest BCUT2D eigenvalue weighted by Gasteiger charge is -2.14. The average molecular weight is 548 g/mol. The molecule has 2 aromatic rings. The Morgan fingerprint density at radius 1 is 1.25 bits per heavy atom. The van der Waals surface area contributed by atoms with Crippen molar-refractivity contribution in [2.24, 2.45) is 4.99 Å². The van der Waals surface area contributed by atoms with Gasteiger partial charge in [0.1, 0.15) is 5.82 Å². The van der Waals surface area contributed by atoms with Crippen molar-refractivity contribution in [3.63, 3.8) is 0 Å². The molecule has 0 fully saturated rings. The zero-order valence-electron chi connectivity index (χ0n) is 15.3. The van der Waals surface area contributed by atoms with Crippen LogP contribution in [-0.4, -0.2) is 30.8 Å². The number of guanidine groups is 1. The van der Waals surface area contributed by atoms with Crippen LogP contribution < -0.4 is 10.6 Å². The highest BCUT2D eigenvalue weighted by Gasteiger charge is 2.33. The molecule has 11 heteroatoms. The Bertz CT molecular complexity index is 781. The van der Waals surface area contributed by atoms with Gasteiger partial charge in [0.05, 0.1) is 5.01 Å². The number of aliphatic imine (C=N–C) groups is 1. The van der Waals surface area contributed by atoms with E-state index in [0.29, 0.717) is 36.2 Å². The molecule has 4 nitrogen and oxygen atoms in total. The van der Waals surface area contributed by atoms with Crippen LogP contribution >= 0.6 is 47.1 Å². The molecular formula is C17H21F4IN4S2. The Morgan fingerprint density at radius 2 is 2.00 bits per heavy atom. The third-order valence-electron chi connectivity index (χ3n) is 3.61. The van der Waals surface area contributed by atoms with E-state index in [0.717, 1.165) is 27.8 Å². The van der Waals surface area contributed by atoms with Gasteiger partial charge >= 0.3 is 6.18 Å². The number of halogens is 5. The van der Waals surface area contributed by atoms with Gasteiger partial charge in [-0.15, -0.1) is 35.3 Å². The summed E-state index contributed by atoms with van der Waals surface area (Å²) in [5, 5.41) is 7.60. The normalized spacial score (nSPS) is 11.9. The van der Waals surface area contributed by atoms with Crippen LogP contribution in [0, 0.1) is 5.82 Å². The third-order valence-corrected chi connectivity index (χ3v) is 5.12. The molecule has 156 valence electrons. The van der Waals surface area contributed by atoms with E-state index < -0.39 is 11.9 Å². The molecule has 0 bridgehead atoms. The maximum absolute atomic E-state index is 13.4. The topological polar surface area (TPSA) is 49.3 Å². The molecule has 0 unspecified atom stereocenters. The van der Waals surface area contributed by atoms with Crippen molar-refractivity contribution in [2.45, 2.75) is 24.9 Å². The Hall–Kier alpha value is -1.08. The molecule has 1 heterocycles. The monoisotopic (exact) mass is 548 g/mol. The molecule has 1 aromatic carbocycles. The first-order chi connectivity index (χ1) is 12.8. The molecule has 2 N–H and O–H groups in total. The Morgan fingerprint density at radius 3 is 2.61 bits per heavy atom. The predicted octanol–water partition coefficient (Wildman–Crippen LogP) is 4.69. The van der Waals surface area contributed by atoms with E-state index in [9.17, 15) is 17.6 Å². The van der Waals surface area contributed by atoms with Gasteiger partial charge < -0.3 is 10.6 Å². The number of hydrogen-bond acceptors (Lipinski definition) is 4. The molecule has 0 saturated heterocycles. The lowest BCUT2D eigenvalue weighted by atomic mass is 10.1. The largest absolute Gasteiger partial charge is 0.434 e. The van der Waals surface area contributed by atoms with E-state index in [1.54, 1.807) is 24.9 Å². The van der Waals surface area contributed by atoms with Crippen molar-refractivity contribution in [1.29, 1.82) is 0 Å². The second-order valence-electron chi connectivity index (χ2n) is 5.57. The fraction of sp³-hybridized carbons (Fsp3) is 0.412. The van der Waals surface area contributed by atoms with E-state index in [4.69, 9.17) is 0 Å². The van der Waals surface area contributed by atoms with Crippen LogP contribution in [0.5, 0.6) is 0 Å². The molecule has 0 atom stereocenters. The van der Waals surface area contributed by atoms with Crippen LogP contribution in [0.2, 0.25) is 0 Å². The summed E-state index contributed by atoms with van der Waals surface area (Å²) in [6.07, 6.45) is -2.11. The van der Waals surface area contributed by atoms with Gasteiger partial charge in [-0.05, 0) is 29.5 Å². The molecule has 0 radical (unpaired) electrons. The Balaban J connectivity index is 0.00000392. The molecule has 0 amide bonds. The van der Waals surface area contributed by atoms with Gasteiger partial charge in [-0.3, -0.25) is 4.99 Å². The van der Waals surface area contributed by atoms with E-state index in [1.807, 2.05) is 6.26 Å². The summed E-state index contributed by atoms with van der Waals surface area (Å²) in [7, 11) is 1.61. The van der Waals surface area contributed by atoms with Gasteiger partial charge in [0.2, 0.25) is 0 Å². The van der Waals surface area contributed by atoms with Crippen molar-refractivity contribution >= 4 is 53.0 Å². The van der Waals surface area contributed by atoms with Gasteiger partial charge in [-0.2, -0.15) is 24.9 Å². The standard InChI is InChI=1S/C17H20F4N4S2.HI/c1-22-16(23-6-5-15-25-14(10-27-15)17(19,20)21)24-8-11-3-4-13(18)7-12(11)9-26-2;/h3-4,7,10H,5-6,8-9H2,1-2H3,(H2,22,23,24);1H. The first-order valence-corrected chi connectivity index (χ1v) is 10.3. The van der Waals surface area contributed by atoms with E-state index in [-0.39, 0.29) is 29.8 Å². The quantitative estimate of drug-likeness (QED) is 0.228. The highest BCUT2D eigenvalue weighted by Crippen LogP contribution is 2.30. The summed E-state index contributed by atoms with van der Waals surface area (Å²) in [5.41, 5.74) is 1.01. The third kappa shape index (κ3) is 7.74. The van der Waals surface area contributed by atoms with Crippen molar-refractivity contribution in [2.75, 3.05) is 19.8 Å². The SMILES string of the molecule is CN=C(NCCc1nc(C(F)(F)F)cs1)NCc1ccc(F)cc1CSC.I. The molecule has 0 aliphatic carbocycles. The molecule has 0 aliphatic rings. The number of aromatic nitrogens is 1. The first-order valence-electron chi connectivity index (χ1n) is 8.06. The fourth-order valence-corrected chi connectivity index (χ4v) is 3.68. The minimum absolute atomic E-state index is 0. The van der Waals surface area contributed by atoms with Crippen LogP contribution in [0.4, 0.5) is 17.6 Å². The highest BCUT2D eigenvalue weighted by atomic mass is 127. The lowest BCUT2D eigenvalue weighted by Crippen LogP contribution is -2.38. The number of thioether (sulfide) groups is 1. The number of rotatable bonds is 7. The number of benzene rings is 1. The summed E-state index contributed by atoms with van der Waals surface area (Å²) in [6, 6.07) is 4.66. The van der Waals surface area contributed by atoms with E-state index in [2.05, 4.69) is 20.6 Å². The first kappa shape index (κ1) is 25.0. The number of nitrogens with zero attached hydrogens (tertiary/aromatic N) is 2. The van der Waals surface area contributed by atoms with Crippen LogP contribution in [0.15, 0.2) is 28.6 Å². The zero-order valence-corrected chi connectivity index (χ0v) is 19.2. The Labute approximate surface area is 186 Å². The van der Waals surface area contributed by atoms with Gasteiger partial charge in [0.25, 0.3) is 0 Å². The molecule has 1 aromatic heterocycles. The molecular weight excluding hydrogens is 527 g/mol. The van der Waals surface area contributed by atoms with Crippen LogP contribution in [0.1, 0.15) is 21.8 Å².